The van der Waals surface area contributed by atoms with Gasteiger partial charge in [-0.25, -0.2) is 9.97 Å². The molecule has 4 nitrogen and oxygen atoms in total. The predicted molar refractivity (Wildman–Crippen MR) is 71.5 cm³/mol. The number of ether oxygens (including phenoxy) is 1. The second kappa shape index (κ2) is 6.85. The number of hydrogen-bond acceptors (Lipinski definition) is 4. The summed E-state index contributed by atoms with van der Waals surface area (Å²) in [5.74, 6) is 7.05. The molecule has 1 N–H and O–H groups in total. The van der Waals surface area contributed by atoms with E-state index in [4.69, 9.17) is 4.74 Å². The van der Waals surface area contributed by atoms with Gasteiger partial charge in [-0.15, -0.1) is 5.92 Å². The Labute approximate surface area is 108 Å². The molecule has 0 spiro atoms. The van der Waals surface area contributed by atoms with Crippen LogP contribution in [0.4, 0.5) is 5.82 Å². The van der Waals surface area contributed by atoms with E-state index >= 15 is 0 Å². The Morgan fingerprint density at radius 1 is 1.33 bits per heavy atom. The molecule has 0 aromatic carbocycles. The average Bonchev–Trinajstić information content (AvgIpc) is 2.41. The average molecular weight is 245 g/mol. The molecule has 4 heteroatoms. The summed E-state index contributed by atoms with van der Waals surface area (Å²) in [7, 11) is 0. The van der Waals surface area contributed by atoms with Crippen molar-refractivity contribution in [3.8, 4) is 17.7 Å². The Hall–Kier alpha value is -1.76. The third kappa shape index (κ3) is 3.92. The highest BCUT2D eigenvalue weighted by Gasteiger charge is 2.13. The first-order chi connectivity index (χ1) is 8.88. The first-order valence-corrected chi connectivity index (χ1v) is 6.49. The van der Waals surface area contributed by atoms with Gasteiger partial charge in [-0.05, 0) is 19.8 Å². The molecule has 0 radical (unpaired) electrons. The second-order valence-corrected chi connectivity index (χ2v) is 4.44. The van der Waals surface area contributed by atoms with Crippen molar-refractivity contribution in [1.29, 1.82) is 0 Å². The number of aromatic nitrogens is 2. The van der Waals surface area contributed by atoms with Crippen LogP contribution in [0.5, 0.6) is 5.88 Å². The highest BCUT2D eigenvalue weighted by atomic mass is 16.5. The van der Waals surface area contributed by atoms with E-state index in [-0.39, 0.29) is 0 Å². The van der Waals surface area contributed by atoms with Crippen molar-refractivity contribution in [1.82, 2.24) is 9.97 Å². The molecule has 0 atom stereocenters. The van der Waals surface area contributed by atoms with Crippen molar-refractivity contribution in [2.45, 2.75) is 45.1 Å². The summed E-state index contributed by atoms with van der Waals surface area (Å²) in [5, 5.41) is 3.44. The van der Waals surface area contributed by atoms with Crippen LogP contribution >= 0.6 is 0 Å². The zero-order valence-corrected chi connectivity index (χ0v) is 10.8. The van der Waals surface area contributed by atoms with Crippen molar-refractivity contribution in [3.05, 3.63) is 12.4 Å². The van der Waals surface area contributed by atoms with Crippen molar-refractivity contribution in [3.63, 3.8) is 0 Å². The maximum absolute atomic E-state index is 5.41. The van der Waals surface area contributed by atoms with Gasteiger partial charge in [0, 0.05) is 12.1 Å². The maximum Gasteiger partial charge on any atom is 0.219 e. The molecule has 0 amide bonds. The molecule has 0 aliphatic heterocycles. The fourth-order valence-corrected chi connectivity index (χ4v) is 2.14. The molecule has 0 unspecified atom stereocenters. The Morgan fingerprint density at radius 3 is 2.94 bits per heavy atom. The van der Waals surface area contributed by atoms with Crippen LogP contribution in [0.2, 0.25) is 0 Å². The highest BCUT2D eigenvalue weighted by molar-refractivity contribution is 5.38. The standard InChI is InChI=1S/C14H19N3O/c1-2-3-9-18-14-10-13(15-11-16-14)17-12-7-5-4-6-8-12/h10-12H,4-9H2,1H3,(H,15,16,17). The van der Waals surface area contributed by atoms with Gasteiger partial charge in [-0.1, -0.05) is 25.2 Å². The van der Waals surface area contributed by atoms with Crippen LogP contribution < -0.4 is 10.1 Å². The smallest absolute Gasteiger partial charge is 0.219 e. The fourth-order valence-electron chi connectivity index (χ4n) is 2.14. The summed E-state index contributed by atoms with van der Waals surface area (Å²) in [6.07, 6.45) is 7.94. The molecule has 1 saturated carbocycles. The molecular formula is C14H19N3O. The number of rotatable bonds is 4. The first kappa shape index (κ1) is 12.7. The minimum absolute atomic E-state index is 0.371. The molecule has 1 aliphatic carbocycles. The van der Waals surface area contributed by atoms with Crippen molar-refractivity contribution >= 4 is 5.82 Å². The largest absolute Gasteiger partial charge is 0.464 e. The van der Waals surface area contributed by atoms with E-state index in [0.717, 1.165) is 5.82 Å². The van der Waals surface area contributed by atoms with Crippen LogP contribution in [-0.4, -0.2) is 22.6 Å². The Morgan fingerprint density at radius 2 is 2.17 bits per heavy atom. The van der Waals surface area contributed by atoms with E-state index in [0.29, 0.717) is 18.5 Å². The number of nitrogens with one attached hydrogen (secondary N) is 1. The third-order valence-corrected chi connectivity index (χ3v) is 3.07. The Balaban J connectivity index is 1.90. The van der Waals surface area contributed by atoms with Crippen LogP contribution in [0.25, 0.3) is 0 Å². The molecule has 1 fully saturated rings. The zero-order chi connectivity index (χ0) is 12.6. The second-order valence-electron chi connectivity index (χ2n) is 4.44. The van der Waals surface area contributed by atoms with E-state index in [1.165, 1.54) is 38.4 Å². The van der Waals surface area contributed by atoms with Gasteiger partial charge in [0.25, 0.3) is 0 Å². The molecule has 96 valence electrons. The van der Waals surface area contributed by atoms with Crippen LogP contribution in [0, 0.1) is 11.8 Å². The predicted octanol–water partition coefficient (Wildman–Crippen LogP) is 2.62. The van der Waals surface area contributed by atoms with E-state index in [1.807, 2.05) is 6.07 Å². The van der Waals surface area contributed by atoms with Crippen LogP contribution in [0.15, 0.2) is 12.4 Å². The first-order valence-electron chi connectivity index (χ1n) is 6.49. The summed E-state index contributed by atoms with van der Waals surface area (Å²) in [5.41, 5.74) is 0. The molecule has 18 heavy (non-hydrogen) atoms. The summed E-state index contributed by atoms with van der Waals surface area (Å²) >= 11 is 0. The van der Waals surface area contributed by atoms with E-state index < -0.39 is 0 Å². The van der Waals surface area contributed by atoms with Gasteiger partial charge in [0.15, 0.2) is 6.61 Å². The number of hydrogen-bond donors (Lipinski definition) is 1. The monoisotopic (exact) mass is 245 g/mol. The SMILES string of the molecule is CC#CCOc1cc(NC2CCCCC2)ncn1. The van der Waals surface area contributed by atoms with Gasteiger partial charge in [-0.2, -0.15) is 0 Å². The zero-order valence-electron chi connectivity index (χ0n) is 10.8. The Bertz CT molecular complexity index is 430. The topological polar surface area (TPSA) is 47.0 Å². The molecule has 1 aromatic heterocycles. The van der Waals surface area contributed by atoms with Crippen molar-refractivity contribution in [2.24, 2.45) is 0 Å². The summed E-state index contributed by atoms with van der Waals surface area (Å²) in [6.45, 7) is 2.16. The normalized spacial score (nSPS) is 15.6. The quantitative estimate of drug-likeness (QED) is 0.828. The molecule has 2 rings (SSSR count). The van der Waals surface area contributed by atoms with Gasteiger partial charge < -0.3 is 10.1 Å². The Kier molecular flexibility index (Phi) is 4.83. The minimum atomic E-state index is 0.371. The van der Waals surface area contributed by atoms with Gasteiger partial charge in [0.2, 0.25) is 5.88 Å². The summed E-state index contributed by atoms with van der Waals surface area (Å²) < 4.78 is 5.41. The molecule has 1 aliphatic rings. The molecule has 1 heterocycles. The van der Waals surface area contributed by atoms with Gasteiger partial charge in [-0.3, -0.25) is 0 Å². The highest BCUT2D eigenvalue weighted by Crippen LogP contribution is 2.21. The number of anilines is 1. The van der Waals surface area contributed by atoms with Crippen LogP contribution in [0.3, 0.4) is 0 Å². The lowest BCUT2D eigenvalue weighted by Crippen LogP contribution is -2.22. The lowest BCUT2D eigenvalue weighted by molar-refractivity contribution is 0.354. The summed E-state index contributed by atoms with van der Waals surface area (Å²) in [6, 6.07) is 2.38. The van der Waals surface area contributed by atoms with Crippen LogP contribution in [-0.2, 0) is 0 Å². The van der Waals surface area contributed by atoms with Crippen molar-refractivity contribution < 1.29 is 4.74 Å². The lowest BCUT2D eigenvalue weighted by Gasteiger charge is -2.23. The fraction of sp³-hybridized carbons (Fsp3) is 0.571. The van der Waals surface area contributed by atoms with E-state index in [2.05, 4.69) is 27.1 Å². The van der Waals surface area contributed by atoms with Gasteiger partial charge >= 0.3 is 0 Å². The lowest BCUT2D eigenvalue weighted by atomic mass is 9.95. The maximum atomic E-state index is 5.41. The van der Waals surface area contributed by atoms with Gasteiger partial charge in [0.05, 0.1) is 0 Å². The van der Waals surface area contributed by atoms with Crippen molar-refractivity contribution in [2.75, 3.05) is 11.9 Å². The minimum Gasteiger partial charge on any atom is -0.464 e. The van der Waals surface area contributed by atoms with Gasteiger partial charge in [0.1, 0.15) is 12.1 Å². The molecule has 0 saturated heterocycles. The molecule has 1 aromatic rings. The third-order valence-electron chi connectivity index (χ3n) is 3.07. The van der Waals surface area contributed by atoms with Crippen LogP contribution in [0.1, 0.15) is 39.0 Å². The summed E-state index contributed by atoms with van der Waals surface area (Å²) in [4.78, 5) is 8.29. The van der Waals surface area contributed by atoms with E-state index in [9.17, 15) is 0 Å². The number of nitrogens with zero attached hydrogens (tertiary/aromatic N) is 2. The van der Waals surface area contributed by atoms with E-state index in [1.54, 1.807) is 6.92 Å². The molecule has 0 bridgehead atoms. The molecular weight excluding hydrogens is 226 g/mol.